The zero-order chi connectivity index (χ0) is 32.8. The quantitative estimate of drug-likeness (QED) is 0.156. The molecule has 1 amide bonds. The monoisotopic (exact) mass is 620 g/mol. The summed E-state index contributed by atoms with van der Waals surface area (Å²) in [6.45, 7) is 4.83. The van der Waals surface area contributed by atoms with Crippen molar-refractivity contribution < 1.29 is 23.5 Å². The molecule has 4 rings (SSSR count). The number of aryl methyl sites for hydroxylation is 1. The molecule has 2 aromatic heterocycles. The fraction of sp³-hybridized carbons (Fsp3) is 0.469. The van der Waals surface area contributed by atoms with E-state index in [0.717, 1.165) is 42.1 Å². The molecule has 5 atom stereocenters. The van der Waals surface area contributed by atoms with Gasteiger partial charge in [0.25, 0.3) is 11.8 Å². The Bertz CT molecular complexity index is 1550. The summed E-state index contributed by atoms with van der Waals surface area (Å²) in [6, 6.07) is 15.9. The van der Waals surface area contributed by atoms with Crippen molar-refractivity contribution in [1.82, 2.24) is 15.3 Å². The minimum absolute atomic E-state index is 0.179. The summed E-state index contributed by atoms with van der Waals surface area (Å²) in [4.78, 5) is 27.0. The Labute approximate surface area is 263 Å². The number of alkyl halides is 1. The summed E-state index contributed by atoms with van der Waals surface area (Å²) in [5, 5.41) is 26.3. The van der Waals surface area contributed by atoms with Crippen molar-refractivity contribution in [2.24, 2.45) is 22.4 Å². The molecule has 0 saturated heterocycles. The molecule has 0 bridgehead atoms. The summed E-state index contributed by atoms with van der Waals surface area (Å²) in [5.41, 5.74) is 10.4. The number of quaternary nitrogens is 1. The highest BCUT2D eigenvalue weighted by atomic mass is 19.1. The van der Waals surface area contributed by atoms with Crippen molar-refractivity contribution in [2.45, 2.75) is 56.8 Å². The number of aliphatic imine (C=N–C) groups is 1. The van der Waals surface area contributed by atoms with Crippen LogP contribution >= 0.6 is 0 Å². The Balaban J connectivity index is 1.50. The number of aliphatic hydroxyl groups excluding tert-OH is 1. The first-order chi connectivity index (χ1) is 21.3. The molecule has 0 spiro atoms. The maximum absolute atomic E-state index is 15.4. The SMILES string of the molecule is CCCCc1cc2ccccc2c(OCC[N+](C)(C)CC(O)C(C)NC2(C(N)=O)C(C#N)[C@@](N)(F)N=CN2c2ccccn2)n1. The number of nitrogens with one attached hydrogen (secondary N) is 1. The van der Waals surface area contributed by atoms with Crippen LogP contribution in [-0.4, -0.2) is 89.3 Å². The Morgan fingerprint density at radius 3 is 2.69 bits per heavy atom. The number of aliphatic hydroxyl groups is 1. The smallest absolute Gasteiger partial charge is 0.273 e. The van der Waals surface area contributed by atoms with Crippen LogP contribution in [0.4, 0.5) is 10.2 Å². The number of carbonyl (C=O) groups is 1. The van der Waals surface area contributed by atoms with E-state index in [4.69, 9.17) is 21.2 Å². The molecule has 0 radical (unpaired) electrons. The maximum Gasteiger partial charge on any atom is 0.273 e. The first-order valence-corrected chi connectivity index (χ1v) is 15.1. The fourth-order valence-electron chi connectivity index (χ4n) is 5.55. The van der Waals surface area contributed by atoms with E-state index in [1.165, 1.54) is 11.1 Å². The van der Waals surface area contributed by atoms with Gasteiger partial charge in [-0.3, -0.25) is 20.7 Å². The maximum atomic E-state index is 15.4. The van der Waals surface area contributed by atoms with Crippen molar-refractivity contribution in [1.29, 1.82) is 5.26 Å². The van der Waals surface area contributed by atoms with Crippen LogP contribution in [0, 0.1) is 17.2 Å². The molecular weight excluding hydrogens is 577 g/mol. The average molecular weight is 621 g/mol. The molecule has 6 N–H and O–H groups in total. The van der Waals surface area contributed by atoms with E-state index < -0.39 is 35.6 Å². The van der Waals surface area contributed by atoms with Crippen LogP contribution < -0.4 is 26.4 Å². The number of benzene rings is 1. The largest absolute Gasteiger partial charge is 0.471 e. The summed E-state index contributed by atoms with van der Waals surface area (Å²) in [5.74, 6) is -5.15. The highest BCUT2D eigenvalue weighted by Crippen LogP contribution is 2.37. The Kier molecular flexibility index (Phi) is 10.3. The second-order valence-corrected chi connectivity index (χ2v) is 12.2. The lowest BCUT2D eigenvalue weighted by Gasteiger charge is -2.49. The van der Waals surface area contributed by atoms with Gasteiger partial charge in [0, 0.05) is 23.3 Å². The van der Waals surface area contributed by atoms with Crippen LogP contribution in [0.25, 0.3) is 10.8 Å². The highest BCUT2D eigenvalue weighted by Gasteiger charge is 2.62. The number of nitrogens with two attached hydrogens (primary N) is 2. The van der Waals surface area contributed by atoms with Crippen LogP contribution in [0.15, 0.2) is 59.7 Å². The molecule has 3 aromatic rings. The molecule has 0 fully saturated rings. The second-order valence-electron chi connectivity index (χ2n) is 12.2. The Hall–Kier alpha value is -4.22. The third kappa shape index (κ3) is 7.37. The number of amides is 1. The first kappa shape index (κ1) is 33.7. The molecule has 1 aliphatic rings. The number of pyridine rings is 2. The van der Waals surface area contributed by atoms with E-state index in [0.29, 0.717) is 23.5 Å². The number of unbranched alkanes of at least 4 members (excludes halogenated alkanes) is 1. The van der Waals surface area contributed by atoms with Crippen LogP contribution in [0.1, 0.15) is 32.4 Å². The Morgan fingerprint density at radius 2 is 2.02 bits per heavy atom. The number of nitriles is 1. The first-order valence-electron chi connectivity index (χ1n) is 15.1. The zero-order valence-electron chi connectivity index (χ0n) is 26.2. The molecule has 3 heterocycles. The average Bonchev–Trinajstić information content (AvgIpc) is 2.99. The molecule has 0 saturated carbocycles. The number of likely N-dealkylation sites (N-methyl/N-ethyl adjacent to an activating group) is 1. The number of anilines is 1. The number of carbonyl (C=O) groups excluding carboxylic acids is 1. The third-order valence-corrected chi connectivity index (χ3v) is 8.16. The molecule has 4 unspecified atom stereocenters. The van der Waals surface area contributed by atoms with Crippen LogP contribution in [0.5, 0.6) is 5.88 Å². The number of hydrogen-bond acceptors (Lipinski definition) is 10. The predicted molar refractivity (Wildman–Crippen MR) is 171 cm³/mol. The fourth-order valence-corrected chi connectivity index (χ4v) is 5.55. The summed E-state index contributed by atoms with van der Waals surface area (Å²) in [6.07, 6.45) is 4.37. The molecule has 45 heavy (non-hydrogen) atoms. The second kappa shape index (κ2) is 13.8. The summed E-state index contributed by atoms with van der Waals surface area (Å²) < 4.78 is 22.0. The highest BCUT2D eigenvalue weighted by molar-refractivity contribution is 5.97. The number of nitrogens with zero attached hydrogens (tertiary/aromatic N) is 6. The van der Waals surface area contributed by atoms with Crippen molar-refractivity contribution in [3.05, 3.63) is 60.4 Å². The number of ether oxygens (including phenoxy) is 1. The van der Waals surface area contributed by atoms with Gasteiger partial charge in [-0.05, 0) is 49.4 Å². The molecule has 13 heteroatoms. The third-order valence-electron chi connectivity index (χ3n) is 8.16. The van der Waals surface area contributed by atoms with Crippen LogP contribution in [0.3, 0.4) is 0 Å². The predicted octanol–water partition coefficient (Wildman–Crippen LogP) is 2.22. The molecule has 1 aromatic carbocycles. The van der Waals surface area contributed by atoms with E-state index in [1.807, 2.05) is 38.4 Å². The van der Waals surface area contributed by atoms with Crippen LogP contribution in [-0.2, 0) is 11.2 Å². The number of hydrogen-bond donors (Lipinski definition) is 4. The number of fused-ring (bicyclic) bond motifs is 1. The minimum atomic E-state index is -2.94. The number of aromatic nitrogens is 2. The van der Waals surface area contributed by atoms with Gasteiger partial charge in [0.05, 0.1) is 26.5 Å². The molecule has 12 nitrogen and oxygen atoms in total. The zero-order valence-corrected chi connectivity index (χ0v) is 26.2. The topological polar surface area (TPSA) is 176 Å². The normalized spacial score (nSPS) is 23.0. The van der Waals surface area contributed by atoms with Gasteiger partial charge >= 0.3 is 0 Å². The number of rotatable bonds is 14. The minimum Gasteiger partial charge on any atom is -0.471 e. The number of halogens is 1. The van der Waals surface area contributed by atoms with E-state index in [2.05, 4.69) is 28.3 Å². The van der Waals surface area contributed by atoms with E-state index in [-0.39, 0.29) is 12.4 Å². The van der Waals surface area contributed by atoms with Gasteiger partial charge in [-0.15, -0.1) is 0 Å². The van der Waals surface area contributed by atoms with Gasteiger partial charge in [0.15, 0.2) is 5.92 Å². The van der Waals surface area contributed by atoms with Gasteiger partial charge in [0.2, 0.25) is 11.5 Å². The van der Waals surface area contributed by atoms with Gasteiger partial charge in [-0.2, -0.15) is 9.65 Å². The van der Waals surface area contributed by atoms with Crippen molar-refractivity contribution in [2.75, 3.05) is 38.7 Å². The molecule has 0 aliphatic carbocycles. The number of primary amides is 1. The molecule has 1 aliphatic heterocycles. The standard InChI is InChI=1S/C32H42FN9O3/c1-5-6-12-24-18-23-11-7-8-13-25(23)29(39-24)45-17-16-42(3,4)20-26(43)22(2)40-31(30(35)44)27(19-34)32(33,36)38-21-41(31)28-14-9-10-15-37-28/h7-11,13-15,18,21-22,26-27,40,43H,5-6,12,16-17,20,36H2,1-4H3,(H-,35,44)/p+1/t22?,26?,27?,31?,32-/m0/s1. The van der Waals surface area contributed by atoms with E-state index >= 15 is 4.39 Å². The van der Waals surface area contributed by atoms with Gasteiger partial charge in [0.1, 0.15) is 31.6 Å². The molecular formula is C32H43FN9O3+. The lowest BCUT2D eigenvalue weighted by Crippen LogP contribution is -2.78. The summed E-state index contributed by atoms with van der Waals surface area (Å²) in [7, 11) is 3.87. The summed E-state index contributed by atoms with van der Waals surface area (Å²) >= 11 is 0. The molecule has 240 valence electrons. The van der Waals surface area contributed by atoms with Crippen molar-refractivity contribution in [3.63, 3.8) is 0 Å². The van der Waals surface area contributed by atoms with Crippen molar-refractivity contribution in [3.8, 4) is 11.9 Å². The van der Waals surface area contributed by atoms with Crippen LogP contribution in [0.2, 0.25) is 0 Å². The van der Waals surface area contributed by atoms with Gasteiger partial charge < -0.3 is 20.1 Å². The van der Waals surface area contributed by atoms with E-state index in [9.17, 15) is 15.2 Å². The van der Waals surface area contributed by atoms with Crippen molar-refractivity contribution >= 4 is 28.8 Å². The lowest BCUT2D eigenvalue weighted by molar-refractivity contribution is -0.893. The lowest BCUT2D eigenvalue weighted by atomic mass is 9.84. The van der Waals surface area contributed by atoms with Gasteiger partial charge in [-0.25, -0.2) is 15.0 Å². The Morgan fingerprint density at radius 1 is 1.29 bits per heavy atom. The van der Waals surface area contributed by atoms with Gasteiger partial charge in [-0.1, -0.05) is 37.6 Å². The van der Waals surface area contributed by atoms with E-state index in [1.54, 1.807) is 31.2 Å².